The monoisotopic (exact) mass is 386 g/mol. The Morgan fingerprint density at radius 2 is 1.83 bits per heavy atom. The highest BCUT2D eigenvalue weighted by molar-refractivity contribution is 5.94. The minimum Gasteiger partial charge on any atom is -0.478 e. The first-order valence-electron chi connectivity index (χ1n) is 9.98. The van der Waals surface area contributed by atoms with E-state index in [1.807, 2.05) is 0 Å². The molecule has 3 heterocycles. The molecule has 6 heteroatoms. The number of piperidine rings is 1. The fourth-order valence-corrected chi connectivity index (χ4v) is 4.12. The van der Waals surface area contributed by atoms with Gasteiger partial charge in [-0.1, -0.05) is 6.07 Å². The largest absolute Gasteiger partial charge is 0.478 e. The number of aromatic carboxylic acids is 1. The smallest absolute Gasteiger partial charge is 0.335 e. The zero-order chi connectivity index (χ0) is 20.0. The first kappa shape index (κ1) is 17.7. The van der Waals surface area contributed by atoms with E-state index in [1.54, 1.807) is 18.2 Å². The molecule has 146 valence electrons. The first-order chi connectivity index (χ1) is 14.1. The topological polar surface area (TPSA) is 82.1 Å². The summed E-state index contributed by atoms with van der Waals surface area (Å²) in [6, 6.07) is 13.4. The molecule has 29 heavy (non-hydrogen) atoms. The molecule has 0 spiro atoms. The molecule has 0 unspecified atom stereocenters. The van der Waals surface area contributed by atoms with Crippen LogP contribution in [0.5, 0.6) is 0 Å². The third kappa shape index (κ3) is 3.20. The molecule has 1 aliphatic rings. The number of nitrogens with one attached hydrogen (secondary N) is 1. The van der Waals surface area contributed by atoms with E-state index in [4.69, 9.17) is 9.97 Å². The standard InChI is InChI=1S/C23H22N4O2/c1-14-11-17-12-15(5-7-18(17)24-14)21-22(27-9-3-2-4-10-27)26-20-13-16(23(28)29)6-8-19(20)25-21/h5-8,11-13,24H,2-4,9-10H2,1H3,(H,28,29). The van der Waals surface area contributed by atoms with Gasteiger partial charge in [-0.2, -0.15) is 0 Å². The van der Waals surface area contributed by atoms with Gasteiger partial charge >= 0.3 is 5.97 Å². The van der Waals surface area contributed by atoms with Gasteiger partial charge in [-0.15, -0.1) is 0 Å². The van der Waals surface area contributed by atoms with Gasteiger partial charge in [0, 0.05) is 35.2 Å². The van der Waals surface area contributed by atoms with Crippen molar-refractivity contribution in [3.05, 3.63) is 53.7 Å². The predicted molar refractivity (Wildman–Crippen MR) is 115 cm³/mol. The number of H-pyrrole nitrogens is 1. The molecule has 2 aromatic heterocycles. The summed E-state index contributed by atoms with van der Waals surface area (Å²) in [4.78, 5) is 26.9. The Balaban J connectivity index is 1.72. The summed E-state index contributed by atoms with van der Waals surface area (Å²) in [5, 5.41) is 10.5. The van der Waals surface area contributed by atoms with Crippen LogP contribution >= 0.6 is 0 Å². The van der Waals surface area contributed by atoms with Crippen molar-refractivity contribution in [2.75, 3.05) is 18.0 Å². The second-order valence-corrected chi connectivity index (χ2v) is 7.71. The van der Waals surface area contributed by atoms with Gasteiger partial charge in [0.15, 0.2) is 5.82 Å². The van der Waals surface area contributed by atoms with Gasteiger partial charge in [0.2, 0.25) is 0 Å². The van der Waals surface area contributed by atoms with E-state index in [-0.39, 0.29) is 5.56 Å². The Hall–Kier alpha value is -3.41. The Morgan fingerprint density at radius 1 is 1.00 bits per heavy atom. The molecule has 4 aromatic rings. The van der Waals surface area contributed by atoms with Gasteiger partial charge in [-0.25, -0.2) is 14.8 Å². The minimum absolute atomic E-state index is 0.230. The van der Waals surface area contributed by atoms with E-state index in [9.17, 15) is 9.90 Å². The summed E-state index contributed by atoms with van der Waals surface area (Å²) in [5.41, 5.74) is 5.65. The maximum atomic E-state index is 11.4. The maximum Gasteiger partial charge on any atom is 0.335 e. The first-order valence-corrected chi connectivity index (χ1v) is 9.98. The van der Waals surface area contributed by atoms with E-state index < -0.39 is 5.97 Å². The van der Waals surface area contributed by atoms with Crippen molar-refractivity contribution in [1.82, 2.24) is 15.0 Å². The Bertz CT molecular complexity index is 1240. The zero-order valence-electron chi connectivity index (χ0n) is 16.3. The molecule has 2 N–H and O–H groups in total. The fourth-order valence-electron chi connectivity index (χ4n) is 4.12. The summed E-state index contributed by atoms with van der Waals surface area (Å²) in [7, 11) is 0. The third-order valence-corrected chi connectivity index (χ3v) is 5.58. The van der Waals surface area contributed by atoms with Crippen molar-refractivity contribution in [3.63, 3.8) is 0 Å². The number of carboxylic acid groups (broad SMARTS) is 1. The van der Waals surface area contributed by atoms with Gasteiger partial charge in [0.1, 0.15) is 5.69 Å². The van der Waals surface area contributed by atoms with Crippen LogP contribution in [0.25, 0.3) is 33.2 Å². The quantitative estimate of drug-likeness (QED) is 0.530. The number of aromatic amines is 1. The molecule has 0 radical (unpaired) electrons. The number of carbonyl (C=O) groups is 1. The lowest BCUT2D eigenvalue weighted by atomic mass is 10.1. The molecule has 5 rings (SSSR count). The number of anilines is 1. The fraction of sp³-hybridized carbons (Fsp3) is 0.261. The lowest BCUT2D eigenvalue weighted by Gasteiger charge is -2.29. The second kappa shape index (κ2) is 6.88. The number of nitrogens with zero attached hydrogens (tertiary/aromatic N) is 3. The SMILES string of the molecule is Cc1cc2cc(-c3nc4ccc(C(=O)O)cc4nc3N3CCCCC3)ccc2[nH]1. The summed E-state index contributed by atoms with van der Waals surface area (Å²) in [6.07, 6.45) is 3.49. The van der Waals surface area contributed by atoms with Crippen LogP contribution in [0.3, 0.4) is 0 Å². The molecule has 2 aromatic carbocycles. The number of aromatic nitrogens is 3. The van der Waals surface area contributed by atoms with Crippen LogP contribution in [0.4, 0.5) is 5.82 Å². The number of carboxylic acids is 1. The molecule has 0 saturated carbocycles. The number of hydrogen-bond donors (Lipinski definition) is 2. The Labute approximate surface area is 168 Å². The van der Waals surface area contributed by atoms with Gasteiger partial charge in [0.05, 0.1) is 16.6 Å². The third-order valence-electron chi connectivity index (χ3n) is 5.58. The van der Waals surface area contributed by atoms with E-state index in [2.05, 4.69) is 41.1 Å². The maximum absolute atomic E-state index is 11.4. The molecule has 1 aliphatic heterocycles. The molecule has 0 aliphatic carbocycles. The number of fused-ring (bicyclic) bond motifs is 2. The van der Waals surface area contributed by atoms with Crippen molar-refractivity contribution in [2.45, 2.75) is 26.2 Å². The van der Waals surface area contributed by atoms with Crippen molar-refractivity contribution in [2.24, 2.45) is 0 Å². The lowest BCUT2D eigenvalue weighted by molar-refractivity contribution is 0.0697. The number of aryl methyl sites for hydroxylation is 1. The van der Waals surface area contributed by atoms with Crippen molar-refractivity contribution < 1.29 is 9.90 Å². The molecule has 1 saturated heterocycles. The summed E-state index contributed by atoms with van der Waals surface area (Å²) in [5.74, 6) is -0.114. The predicted octanol–water partition coefficient (Wildman–Crippen LogP) is 4.78. The summed E-state index contributed by atoms with van der Waals surface area (Å²) < 4.78 is 0. The van der Waals surface area contributed by atoms with E-state index in [0.29, 0.717) is 11.0 Å². The molecular weight excluding hydrogens is 364 g/mol. The molecule has 6 nitrogen and oxygen atoms in total. The minimum atomic E-state index is -0.953. The highest BCUT2D eigenvalue weighted by Gasteiger charge is 2.20. The zero-order valence-corrected chi connectivity index (χ0v) is 16.3. The Morgan fingerprint density at radius 3 is 2.62 bits per heavy atom. The van der Waals surface area contributed by atoms with Crippen LogP contribution in [0.2, 0.25) is 0 Å². The van der Waals surface area contributed by atoms with Crippen LogP contribution in [0, 0.1) is 6.92 Å². The summed E-state index contributed by atoms with van der Waals surface area (Å²) >= 11 is 0. The number of rotatable bonds is 3. The molecule has 0 atom stereocenters. The number of hydrogen-bond acceptors (Lipinski definition) is 4. The van der Waals surface area contributed by atoms with Crippen molar-refractivity contribution in [3.8, 4) is 11.3 Å². The van der Waals surface area contributed by atoms with Gasteiger partial charge in [-0.3, -0.25) is 0 Å². The van der Waals surface area contributed by atoms with E-state index >= 15 is 0 Å². The summed E-state index contributed by atoms with van der Waals surface area (Å²) in [6.45, 7) is 3.93. The van der Waals surface area contributed by atoms with Crippen molar-refractivity contribution in [1.29, 1.82) is 0 Å². The molecule has 0 amide bonds. The van der Waals surface area contributed by atoms with Gasteiger partial charge < -0.3 is 15.0 Å². The lowest BCUT2D eigenvalue weighted by Crippen LogP contribution is -2.31. The van der Waals surface area contributed by atoms with Crippen LogP contribution in [-0.2, 0) is 0 Å². The van der Waals surface area contributed by atoms with Gasteiger partial charge in [0.25, 0.3) is 0 Å². The highest BCUT2D eigenvalue weighted by atomic mass is 16.4. The van der Waals surface area contributed by atoms with Gasteiger partial charge in [-0.05, 0) is 62.6 Å². The van der Waals surface area contributed by atoms with E-state index in [0.717, 1.165) is 59.6 Å². The van der Waals surface area contributed by atoms with Crippen LogP contribution in [0.15, 0.2) is 42.5 Å². The van der Waals surface area contributed by atoms with E-state index in [1.165, 1.54) is 6.42 Å². The van der Waals surface area contributed by atoms with Crippen molar-refractivity contribution >= 4 is 33.7 Å². The normalized spacial score (nSPS) is 14.6. The van der Waals surface area contributed by atoms with Crippen LogP contribution in [0.1, 0.15) is 35.3 Å². The van der Waals surface area contributed by atoms with Crippen LogP contribution in [-0.4, -0.2) is 39.1 Å². The molecular formula is C23H22N4O2. The number of benzene rings is 2. The molecule has 0 bridgehead atoms. The average Bonchev–Trinajstić information content (AvgIpc) is 3.12. The second-order valence-electron chi connectivity index (χ2n) is 7.71. The molecule has 1 fully saturated rings. The van der Waals surface area contributed by atoms with Crippen LogP contribution < -0.4 is 4.90 Å². The Kier molecular flexibility index (Phi) is 4.19. The average molecular weight is 386 g/mol. The highest BCUT2D eigenvalue weighted by Crippen LogP contribution is 2.33.